The number of carboxylic acid groups (broad SMARTS) is 2. The van der Waals surface area contributed by atoms with Gasteiger partial charge in [-0.15, -0.1) is 0 Å². The predicted octanol–water partition coefficient (Wildman–Crippen LogP) is 0.358. The first-order chi connectivity index (χ1) is 8.81. The SMILES string of the molecule is Cc1ccc(C(=O)N[C@H](CC(=O)O)C(=O)O)cc1O. The van der Waals surface area contributed by atoms with Crippen LogP contribution in [-0.2, 0) is 9.59 Å². The topological polar surface area (TPSA) is 124 Å². The van der Waals surface area contributed by atoms with Crippen LogP contribution >= 0.6 is 0 Å². The summed E-state index contributed by atoms with van der Waals surface area (Å²) in [4.78, 5) is 33.0. The first kappa shape index (κ1) is 14.5. The molecule has 102 valence electrons. The number of aliphatic carboxylic acids is 2. The highest BCUT2D eigenvalue weighted by Gasteiger charge is 2.23. The molecule has 0 saturated carbocycles. The Kier molecular flexibility index (Phi) is 4.46. The van der Waals surface area contributed by atoms with E-state index in [-0.39, 0.29) is 11.3 Å². The van der Waals surface area contributed by atoms with Crippen molar-refractivity contribution in [1.82, 2.24) is 5.32 Å². The Bertz CT molecular complexity index is 525. The molecule has 0 spiro atoms. The summed E-state index contributed by atoms with van der Waals surface area (Å²) in [5, 5.41) is 28.9. The number of hydrogen-bond acceptors (Lipinski definition) is 4. The third-order valence-electron chi connectivity index (χ3n) is 2.45. The van der Waals surface area contributed by atoms with Crippen LogP contribution in [0.1, 0.15) is 22.3 Å². The molecule has 19 heavy (non-hydrogen) atoms. The van der Waals surface area contributed by atoms with Crippen LogP contribution in [0.25, 0.3) is 0 Å². The maximum Gasteiger partial charge on any atom is 0.326 e. The molecular weight excluding hydrogens is 254 g/mol. The van der Waals surface area contributed by atoms with Crippen molar-refractivity contribution in [2.75, 3.05) is 0 Å². The van der Waals surface area contributed by atoms with Gasteiger partial charge >= 0.3 is 11.9 Å². The molecule has 0 saturated heterocycles. The third-order valence-corrected chi connectivity index (χ3v) is 2.45. The Balaban J connectivity index is 2.84. The maximum absolute atomic E-state index is 11.7. The van der Waals surface area contributed by atoms with E-state index in [4.69, 9.17) is 10.2 Å². The van der Waals surface area contributed by atoms with Gasteiger partial charge in [0, 0.05) is 5.56 Å². The number of aromatic hydroxyl groups is 1. The highest BCUT2D eigenvalue weighted by atomic mass is 16.4. The second-order valence-electron chi connectivity index (χ2n) is 3.96. The molecule has 0 aliphatic heterocycles. The average molecular weight is 267 g/mol. The quantitative estimate of drug-likeness (QED) is 0.610. The summed E-state index contributed by atoms with van der Waals surface area (Å²) in [5.41, 5.74) is 0.622. The Morgan fingerprint density at radius 2 is 1.89 bits per heavy atom. The zero-order chi connectivity index (χ0) is 14.6. The Morgan fingerprint density at radius 3 is 2.37 bits per heavy atom. The number of nitrogens with one attached hydrogen (secondary N) is 1. The highest BCUT2D eigenvalue weighted by molar-refractivity contribution is 5.97. The minimum atomic E-state index is -1.52. The number of rotatable bonds is 5. The molecule has 0 bridgehead atoms. The van der Waals surface area contributed by atoms with E-state index >= 15 is 0 Å². The van der Waals surface area contributed by atoms with Gasteiger partial charge in [0.2, 0.25) is 0 Å². The van der Waals surface area contributed by atoms with Gasteiger partial charge in [-0.25, -0.2) is 4.79 Å². The van der Waals surface area contributed by atoms with Crippen LogP contribution in [0.4, 0.5) is 0 Å². The molecule has 0 aliphatic carbocycles. The standard InChI is InChI=1S/C12H13NO6/c1-6-2-3-7(4-9(6)14)11(17)13-8(12(18)19)5-10(15)16/h2-4,8,14H,5H2,1H3,(H,13,17)(H,15,16)(H,18,19)/t8-/m1/s1. The second-order valence-corrected chi connectivity index (χ2v) is 3.96. The number of phenolic OH excluding ortho intramolecular Hbond substituents is 1. The fourth-order valence-corrected chi connectivity index (χ4v) is 1.37. The normalized spacial score (nSPS) is 11.6. The van der Waals surface area contributed by atoms with Crippen LogP contribution in [0.2, 0.25) is 0 Å². The van der Waals surface area contributed by atoms with Crippen molar-refractivity contribution >= 4 is 17.8 Å². The van der Waals surface area contributed by atoms with Crippen LogP contribution in [0.5, 0.6) is 5.75 Å². The van der Waals surface area contributed by atoms with Crippen molar-refractivity contribution < 1.29 is 29.7 Å². The number of aryl methyl sites for hydroxylation is 1. The van der Waals surface area contributed by atoms with E-state index in [0.29, 0.717) is 5.56 Å². The number of carbonyl (C=O) groups excluding carboxylic acids is 1. The van der Waals surface area contributed by atoms with E-state index in [1.165, 1.54) is 18.2 Å². The highest BCUT2D eigenvalue weighted by Crippen LogP contribution is 2.17. The van der Waals surface area contributed by atoms with Crippen molar-refractivity contribution in [3.63, 3.8) is 0 Å². The summed E-state index contributed by atoms with van der Waals surface area (Å²) >= 11 is 0. The molecule has 1 aromatic rings. The predicted molar refractivity (Wildman–Crippen MR) is 64.0 cm³/mol. The Hall–Kier alpha value is -2.57. The minimum absolute atomic E-state index is 0.0553. The van der Waals surface area contributed by atoms with E-state index in [0.717, 1.165) is 0 Å². The molecule has 0 unspecified atom stereocenters. The zero-order valence-electron chi connectivity index (χ0n) is 10.1. The first-order valence-corrected chi connectivity index (χ1v) is 5.36. The van der Waals surface area contributed by atoms with Gasteiger partial charge in [-0.3, -0.25) is 9.59 Å². The molecule has 0 fully saturated rings. The molecule has 1 rings (SSSR count). The van der Waals surface area contributed by atoms with Crippen molar-refractivity contribution in [2.24, 2.45) is 0 Å². The summed E-state index contributed by atoms with van der Waals surface area (Å²) in [7, 11) is 0. The van der Waals surface area contributed by atoms with Gasteiger partial charge in [0.25, 0.3) is 5.91 Å². The molecule has 4 N–H and O–H groups in total. The summed E-state index contributed by atoms with van der Waals surface area (Å²) in [6, 6.07) is 2.57. The molecule has 7 heteroatoms. The number of benzene rings is 1. The van der Waals surface area contributed by atoms with Gasteiger partial charge in [-0.1, -0.05) is 6.07 Å². The maximum atomic E-state index is 11.7. The van der Waals surface area contributed by atoms with E-state index in [1.807, 2.05) is 0 Å². The molecule has 0 heterocycles. The van der Waals surface area contributed by atoms with Crippen LogP contribution < -0.4 is 5.32 Å². The van der Waals surface area contributed by atoms with Gasteiger partial charge in [-0.2, -0.15) is 0 Å². The van der Waals surface area contributed by atoms with Crippen molar-refractivity contribution in [3.05, 3.63) is 29.3 Å². The average Bonchev–Trinajstić information content (AvgIpc) is 2.31. The first-order valence-electron chi connectivity index (χ1n) is 5.36. The lowest BCUT2D eigenvalue weighted by Crippen LogP contribution is -2.42. The van der Waals surface area contributed by atoms with Crippen LogP contribution in [-0.4, -0.2) is 39.2 Å². The lowest BCUT2D eigenvalue weighted by atomic mass is 10.1. The molecule has 7 nitrogen and oxygen atoms in total. The van der Waals surface area contributed by atoms with Crippen LogP contribution in [0.3, 0.4) is 0 Å². The summed E-state index contributed by atoms with van der Waals surface area (Å²) in [5.74, 6) is -3.63. The van der Waals surface area contributed by atoms with Crippen LogP contribution in [0, 0.1) is 6.92 Å². The van der Waals surface area contributed by atoms with E-state index in [1.54, 1.807) is 6.92 Å². The van der Waals surface area contributed by atoms with Crippen molar-refractivity contribution in [2.45, 2.75) is 19.4 Å². The molecule has 0 aromatic heterocycles. The zero-order valence-corrected chi connectivity index (χ0v) is 10.1. The monoisotopic (exact) mass is 267 g/mol. The molecule has 0 aliphatic rings. The largest absolute Gasteiger partial charge is 0.508 e. The van der Waals surface area contributed by atoms with Crippen molar-refractivity contribution in [3.8, 4) is 5.75 Å². The van der Waals surface area contributed by atoms with Gasteiger partial charge in [0.15, 0.2) is 0 Å². The number of phenols is 1. The number of carboxylic acids is 2. The summed E-state index contributed by atoms with van der Waals surface area (Å²) in [6.45, 7) is 1.64. The molecule has 1 atom stereocenters. The molecule has 1 aromatic carbocycles. The van der Waals surface area contributed by atoms with E-state index < -0.39 is 30.3 Å². The molecular formula is C12H13NO6. The fourth-order valence-electron chi connectivity index (χ4n) is 1.37. The lowest BCUT2D eigenvalue weighted by molar-refractivity contribution is -0.145. The van der Waals surface area contributed by atoms with Gasteiger partial charge in [-0.05, 0) is 24.6 Å². The Morgan fingerprint density at radius 1 is 1.26 bits per heavy atom. The summed E-state index contributed by atoms with van der Waals surface area (Å²) in [6.07, 6.45) is -0.723. The smallest absolute Gasteiger partial charge is 0.326 e. The number of hydrogen-bond donors (Lipinski definition) is 4. The van der Waals surface area contributed by atoms with E-state index in [9.17, 15) is 19.5 Å². The minimum Gasteiger partial charge on any atom is -0.508 e. The second kappa shape index (κ2) is 5.85. The lowest BCUT2D eigenvalue weighted by Gasteiger charge is -2.12. The van der Waals surface area contributed by atoms with Gasteiger partial charge < -0.3 is 20.6 Å². The summed E-state index contributed by atoms with van der Waals surface area (Å²) < 4.78 is 0. The molecule has 1 amide bonds. The number of amides is 1. The number of carbonyl (C=O) groups is 3. The fraction of sp³-hybridized carbons (Fsp3) is 0.250. The van der Waals surface area contributed by atoms with Gasteiger partial charge in [0.1, 0.15) is 11.8 Å². The Labute approximate surface area is 108 Å². The molecule has 0 radical (unpaired) electrons. The van der Waals surface area contributed by atoms with E-state index in [2.05, 4.69) is 5.32 Å². The third kappa shape index (κ3) is 3.98. The van der Waals surface area contributed by atoms with Gasteiger partial charge in [0.05, 0.1) is 6.42 Å². The van der Waals surface area contributed by atoms with Crippen LogP contribution in [0.15, 0.2) is 18.2 Å². The van der Waals surface area contributed by atoms with Crippen molar-refractivity contribution in [1.29, 1.82) is 0 Å².